The second-order valence-electron chi connectivity index (χ2n) is 31.2. The SMILES string of the molecule is CCC(C)CCCCCCCCC(=O)OC[C@H](COP(=O)(O)OC[C@H](O)COP(=O)(O)OC[C@@H](COC(=O)CCCCCCCCCCCCCCCCCCCCC(C)C)OC(=O)CCCCCCCCCCCCC(C)C)OC(=O)CCCCCCCCCCCCCCCCC(C)C. The largest absolute Gasteiger partial charge is 0.472 e. The van der Waals surface area contributed by atoms with Crippen molar-refractivity contribution in [3.63, 3.8) is 0 Å². The molecule has 17 nitrogen and oxygen atoms in total. The van der Waals surface area contributed by atoms with Gasteiger partial charge < -0.3 is 33.8 Å². The lowest BCUT2D eigenvalue weighted by atomic mass is 10.00. The fraction of sp³-hybridized carbons (Fsp3) is 0.951. The van der Waals surface area contributed by atoms with Crippen LogP contribution in [-0.2, 0) is 65.4 Å². The summed E-state index contributed by atoms with van der Waals surface area (Å²) in [6.45, 7) is 14.3. The molecule has 0 aromatic heterocycles. The Balaban J connectivity index is 5.19. The molecule has 0 radical (unpaired) electrons. The van der Waals surface area contributed by atoms with Crippen LogP contribution in [0, 0.1) is 23.7 Å². The summed E-state index contributed by atoms with van der Waals surface area (Å²) in [6.07, 6.45) is 58.4. The Morgan fingerprint density at radius 2 is 0.475 bits per heavy atom. The van der Waals surface area contributed by atoms with Gasteiger partial charge in [-0.25, -0.2) is 9.13 Å². The molecule has 0 fully saturated rings. The molecule has 3 N–H and O–H groups in total. The zero-order chi connectivity index (χ0) is 74.6. The van der Waals surface area contributed by atoms with Crippen molar-refractivity contribution in [1.82, 2.24) is 0 Å². The number of hydrogen-bond acceptors (Lipinski definition) is 15. The van der Waals surface area contributed by atoms with Crippen molar-refractivity contribution in [3.8, 4) is 0 Å². The summed E-state index contributed by atoms with van der Waals surface area (Å²) in [4.78, 5) is 73.0. The number of phosphoric ester groups is 2. The molecule has 0 spiro atoms. The number of esters is 4. The van der Waals surface area contributed by atoms with Gasteiger partial charge in [0.1, 0.15) is 19.3 Å². The molecule has 0 saturated heterocycles. The molecule has 101 heavy (non-hydrogen) atoms. The van der Waals surface area contributed by atoms with E-state index in [9.17, 15) is 43.2 Å². The van der Waals surface area contributed by atoms with E-state index < -0.39 is 97.5 Å². The highest BCUT2D eigenvalue weighted by Gasteiger charge is 2.30. The number of aliphatic hydroxyl groups is 1. The van der Waals surface area contributed by atoms with Crippen LogP contribution in [0.3, 0.4) is 0 Å². The van der Waals surface area contributed by atoms with Crippen LogP contribution in [0.15, 0.2) is 0 Å². The standard InChI is InChI=1S/C82H160O17P2/c1-9-75(8)61-53-45-40-41-47-55-63-80(85)93-69-78(99-81(86)64-56-48-38-32-25-21-17-16-19-23-29-35-43-51-59-73(4)5)71-97-101(90,91)95-67-76(83)66-94-100(88,89)96-70-77(98-82(87)65-57-49-39-33-27-26-30-36-44-52-60-74(6)7)68-92-79(84)62-54-46-37-31-24-20-15-13-11-10-12-14-18-22-28-34-42-50-58-72(2)3/h72-78,83H,9-71H2,1-8H3,(H,88,89)(H,90,91)/t75?,76-,77-,78-/m1/s1. The van der Waals surface area contributed by atoms with Gasteiger partial charge in [0.25, 0.3) is 0 Å². The van der Waals surface area contributed by atoms with E-state index in [4.69, 9.17) is 37.0 Å². The van der Waals surface area contributed by atoms with Crippen molar-refractivity contribution in [2.75, 3.05) is 39.6 Å². The van der Waals surface area contributed by atoms with E-state index in [-0.39, 0.29) is 25.7 Å². The van der Waals surface area contributed by atoms with Gasteiger partial charge in [0, 0.05) is 25.7 Å². The molecule has 0 aliphatic rings. The quantitative estimate of drug-likeness (QED) is 0.0222. The molecule has 0 aromatic rings. The molecule has 600 valence electrons. The summed E-state index contributed by atoms with van der Waals surface area (Å²) < 4.78 is 68.7. The molecule has 0 saturated carbocycles. The topological polar surface area (TPSA) is 237 Å². The second-order valence-corrected chi connectivity index (χ2v) is 34.1. The van der Waals surface area contributed by atoms with E-state index in [0.717, 1.165) is 120 Å². The summed E-state index contributed by atoms with van der Waals surface area (Å²) in [5.74, 6) is 0.986. The highest BCUT2D eigenvalue weighted by Crippen LogP contribution is 2.45. The van der Waals surface area contributed by atoms with Gasteiger partial charge in [-0.3, -0.25) is 37.3 Å². The van der Waals surface area contributed by atoms with Crippen LogP contribution in [0.2, 0.25) is 0 Å². The smallest absolute Gasteiger partial charge is 0.462 e. The minimum absolute atomic E-state index is 0.106. The number of unbranched alkanes of at least 4 members (excludes halogenated alkanes) is 44. The summed E-state index contributed by atoms with van der Waals surface area (Å²) in [6, 6.07) is 0. The third-order valence-electron chi connectivity index (χ3n) is 19.4. The summed E-state index contributed by atoms with van der Waals surface area (Å²) in [7, 11) is -9.92. The maximum absolute atomic E-state index is 13.1. The first kappa shape index (κ1) is 99.1. The van der Waals surface area contributed by atoms with E-state index in [2.05, 4.69) is 55.4 Å². The van der Waals surface area contributed by atoms with Gasteiger partial charge in [0.05, 0.1) is 26.4 Å². The fourth-order valence-corrected chi connectivity index (χ4v) is 14.2. The maximum atomic E-state index is 13.1. The van der Waals surface area contributed by atoms with E-state index in [0.29, 0.717) is 25.7 Å². The van der Waals surface area contributed by atoms with Crippen LogP contribution in [0.25, 0.3) is 0 Å². The molecule has 0 aromatic carbocycles. The highest BCUT2D eigenvalue weighted by atomic mass is 31.2. The van der Waals surface area contributed by atoms with Crippen molar-refractivity contribution in [1.29, 1.82) is 0 Å². The van der Waals surface area contributed by atoms with Gasteiger partial charge in [0.2, 0.25) is 0 Å². The normalized spacial score (nSPS) is 14.3. The van der Waals surface area contributed by atoms with Crippen molar-refractivity contribution in [2.45, 2.75) is 440 Å². The lowest BCUT2D eigenvalue weighted by Crippen LogP contribution is -2.30. The molecule has 19 heteroatoms. The molecule has 0 bridgehead atoms. The molecule has 0 rings (SSSR count). The minimum atomic E-state index is -4.96. The van der Waals surface area contributed by atoms with E-state index in [1.807, 2.05) is 0 Å². The Hall–Kier alpha value is -1.94. The molecule has 0 aliphatic carbocycles. The average Bonchev–Trinajstić information content (AvgIpc) is 1.12. The van der Waals surface area contributed by atoms with Crippen molar-refractivity contribution in [3.05, 3.63) is 0 Å². The predicted molar refractivity (Wildman–Crippen MR) is 414 cm³/mol. The summed E-state index contributed by atoms with van der Waals surface area (Å²) >= 11 is 0. The van der Waals surface area contributed by atoms with Gasteiger partial charge in [0.15, 0.2) is 12.2 Å². The molecular weight excluding hydrogens is 1320 g/mol. The summed E-state index contributed by atoms with van der Waals surface area (Å²) in [5.41, 5.74) is 0. The minimum Gasteiger partial charge on any atom is -0.462 e. The zero-order valence-electron chi connectivity index (χ0n) is 66.5. The van der Waals surface area contributed by atoms with Crippen LogP contribution in [0.4, 0.5) is 0 Å². The molecule has 0 amide bonds. The number of rotatable bonds is 79. The first-order valence-corrected chi connectivity index (χ1v) is 45.2. The number of carbonyl (C=O) groups excluding carboxylic acids is 4. The fourth-order valence-electron chi connectivity index (χ4n) is 12.6. The van der Waals surface area contributed by atoms with Gasteiger partial charge >= 0.3 is 39.5 Å². The molecular formula is C82H160O17P2. The predicted octanol–water partition coefficient (Wildman–Crippen LogP) is 24.4. The van der Waals surface area contributed by atoms with E-state index >= 15 is 0 Å². The van der Waals surface area contributed by atoms with Crippen LogP contribution in [-0.4, -0.2) is 96.7 Å². The zero-order valence-corrected chi connectivity index (χ0v) is 68.3. The molecule has 3 unspecified atom stereocenters. The second kappa shape index (κ2) is 71.0. The third kappa shape index (κ3) is 74.7. The Morgan fingerprint density at radius 1 is 0.277 bits per heavy atom. The van der Waals surface area contributed by atoms with E-state index in [1.165, 1.54) is 218 Å². The van der Waals surface area contributed by atoms with Crippen molar-refractivity contribution < 1.29 is 80.2 Å². The van der Waals surface area contributed by atoms with Gasteiger partial charge in [-0.1, -0.05) is 370 Å². The van der Waals surface area contributed by atoms with E-state index in [1.54, 1.807) is 0 Å². The molecule has 6 atom stereocenters. The van der Waals surface area contributed by atoms with Crippen LogP contribution < -0.4 is 0 Å². The average molecular weight is 1480 g/mol. The molecule has 0 aliphatic heterocycles. The number of ether oxygens (including phenoxy) is 4. The van der Waals surface area contributed by atoms with Gasteiger partial charge in [-0.05, 0) is 49.4 Å². The van der Waals surface area contributed by atoms with Crippen molar-refractivity contribution in [2.24, 2.45) is 23.7 Å². The van der Waals surface area contributed by atoms with Gasteiger partial charge in [-0.2, -0.15) is 0 Å². The third-order valence-corrected chi connectivity index (χ3v) is 21.3. The lowest BCUT2D eigenvalue weighted by molar-refractivity contribution is -0.161. The van der Waals surface area contributed by atoms with Crippen LogP contribution in [0.1, 0.15) is 421 Å². The number of aliphatic hydroxyl groups excluding tert-OH is 1. The molecule has 0 heterocycles. The monoisotopic (exact) mass is 1480 g/mol. The first-order chi connectivity index (χ1) is 48.6. The Bertz CT molecular complexity index is 1970. The Kier molecular flexibility index (Phi) is 69.6. The lowest BCUT2D eigenvalue weighted by Gasteiger charge is -2.21. The number of phosphoric acid groups is 2. The van der Waals surface area contributed by atoms with Crippen molar-refractivity contribution >= 4 is 39.5 Å². The summed E-state index contributed by atoms with van der Waals surface area (Å²) in [5, 5.41) is 10.6. The first-order valence-electron chi connectivity index (χ1n) is 42.2. The van der Waals surface area contributed by atoms with Crippen LogP contribution in [0.5, 0.6) is 0 Å². The highest BCUT2D eigenvalue weighted by molar-refractivity contribution is 7.47. The van der Waals surface area contributed by atoms with Gasteiger partial charge in [-0.15, -0.1) is 0 Å². The van der Waals surface area contributed by atoms with Crippen LogP contribution >= 0.6 is 15.6 Å². The maximum Gasteiger partial charge on any atom is 0.472 e. The number of carbonyl (C=O) groups is 4. The Labute approximate surface area is 619 Å². The Morgan fingerprint density at radius 3 is 0.703 bits per heavy atom. The number of hydrogen-bond donors (Lipinski definition) is 3.